The fourth-order valence-electron chi connectivity index (χ4n) is 7.91. The number of anilines is 4. The van der Waals surface area contributed by atoms with Crippen LogP contribution in [-0.4, -0.2) is 92.8 Å². The summed E-state index contributed by atoms with van der Waals surface area (Å²) in [5.74, 6) is 0.439. The first-order valence-electron chi connectivity index (χ1n) is 19.3. The van der Waals surface area contributed by atoms with Crippen molar-refractivity contribution < 1.29 is 14.4 Å². The van der Waals surface area contributed by atoms with Gasteiger partial charge in [0, 0.05) is 69.9 Å². The first-order chi connectivity index (χ1) is 26.1. The van der Waals surface area contributed by atoms with Gasteiger partial charge in [0.25, 0.3) is 11.8 Å². The topological polar surface area (TPSA) is 154 Å². The molecule has 4 fully saturated rings. The van der Waals surface area contributed by atoms with Crippen LogP contribution in [0.15, 0.2) is 42.6 Å². The van der Waals surface area contributed by atoms with E-state index in [0.29, 0.717) is 29.7 Å². The van der Waals surface area contributed by atoms with Gasteiger partial charge in [-0.1, -0.05) is 19.1 Å². The van der Waals surface area contributed by atoms with Gasteiger partial charge in [0.05, 0.1) is 46.7 Å². The lowest BCUT2D eigenvalue weighted by molar-refractivity contribution is -0.117. The third kappa shape index (κ3) is 6.56. The van der Waals surface area contributed by atoms with E-state index in [1.165, 1.54) is 24.1 Å². The number of carbonyl (C=O) groups excluding carboxylic acids is 3. The highest BCUT2D eigenvalue weighted by Crippen LogP contribution is 2.50. The van der Waals surface area contributed by atoms with E-state index in [9.17, 15) is 14.4 Å². The van der Waals surface area contributed by atoms with Gasteiger partial charge in [-0.05, 0) is 74.6 Å². The van der Waals surface area contributed by atoms with E-state index in [2.05, 4.69) is 66.7 Å². The van der Waals surface area contributed by atoms with Crippen molar-refractivity contribution in [1.29, 1.82) is 0 Å². The van der Waals surface area contributed by atoms with Crippen LogP contribution in [0.3, 0.4) is 0 Å². The lowest BCUT2D eigenvalue weighted by Crippen LogP contribution is -2.48. The lowest BCUT2D eigenvalue weighted by atomic mass is 9.91. The minimum atomic E-state index is -0.288. The van der Waals surface area contributed by atoms with Crippen LogP contribution in [0.2, 0.25) is 0 Å². The second kappa shape index (κ2) is 13.5. The number of aromatic nitrogens is 5. The molecule has 2 aliphatic heterocycles. The summed E-state index contributed by atoms with van der Waals surface area (Å²) in [6.07, 6.45) is 8.84. The molecule has 9 rings (SSSR count). The molecule has 3 aliphatic carbocycles. The number of amides is 3. The molecule has 0 radical (unpaired) electrons. The highest BCUT2D eigenvalue weighted by molar-refractivity contribution is 6.01. The van der Waals surface area contributed by atoms with E-state index in [0.717, 1.165) is 73.4 Å². The summed E-state index contributed by atoms with van der Waals surface area (Å²) in [7, 11) is 5.66. The molecule has 14 nitrogen and oxygen atoms in total. The normalized spacial score (nSPS) is 19.4. The molecule has 14 heteroatoms. The van der Waals surface area contributed by atoms with E-state index in [1.807, 2.05) is 24.4 Å². The smallest absolute Gasteiger partial charge is 0.274 e. The summed E-state index contributed by atoms with van der Waals surface area (Å²) in [6, 6.07) is 12.5. The van der Waals surface area contributed by atoms with Crippen molar-refractivity contribution in [3.8, 4) is 11.1 Å². The van der Waals surface area contributed by atoms with Crippen molar-refractivity contribution >= 4 is 40.6 Å². The van der Waals surface area contributed by atoms with E-state index in [1.54, 1.807) is 25.1 Å². The Morgan fingerprint density at radius 3 is 2.44 bits per heavy atom. The highest BCUT2D eigenvalue weighted by Gasteiger charge is 2.39. The van der Waals surface area contributed by atoms with E-state index < -0.39 is 0 Å². The predicted molar refractivity (Wildman–Crippen MR) is 205 cm³/mol. The molecule has 1 aromatic carbocycles. The minimum absolute atomic E-state index is 0.00852. The van der Waals surface area contributed by atoms with E-state index >= 15 is 0 Å². The Labute approximate surface area is 314 Å². The summed E-state index contributed by atoms with van der Waals surface area (Å²) in [5, 5.41) is 23.0. The average Bonchev–Trinajstić information content (AvgIpc) is 4.00. The van der Waals surface area contributed by atoms with Crippen molar-refractivity contribution in [3.05, 3.63) is 70.9 Å². The Morgan fingerprint density at radius 2 is 1.74 bits per heavy atom. The van der Waals surface area contributed by atoms with Gasteiger partial charge in [-0.15, -0.1) is 10.2 Å². The van der Waals surface area contributed by atoms with Crippen molar-refractivity contribution in [2.45, 2.75) is 82.5 Å². The van der Waals surface area contributed by atoms with Crippen molar-refractivity contribution in [2.24, 2.45) is 5.92 Å². The Hall–Kier alpha value is -5.37. The Morgan fingerprint density at radius 1 is 0.944 bits per heavy atom. The second-order valence-electron chi connectivity index (χ2n) is 15.9. The van der Waals surface area contributed by atoms with Crippen molar-refractivity contribution in [1.82, 2.24) is 40.1 Å². The summed E-state index contributed by atoms with van der Waals surface area (Å²) in [5.41, 5.74) is 8.54. The molecular weight excluding hydrogens is 683 g/mol. The van der Waals surface area contributed by atoms with Crippen LogP contribution >= 0.6 is 0 Å². The van der Waals surface area contributed by atoms with Crippen molar-refractivity contribution in [2.75, 3.05) is 49.8 Å². The minimum Gasteiger partial charge on any atom is -0.364 e. The molecule has 3 saturated carbocycles. The number of hydrogen-bond donors (Lipinski definition) is 3. The zero-order valence-electron chi connectivity index (χ0n) is 31.3. The van der Waals surface area contributed by atoms with E-state index in [4.69, 9.17) is 10.1 Å². The van der Waals surface area contributed by atoms with Crippen LogP contribution in [0.4, 0.5) is 22.9 Å². The van der Waals surface area contributed by atoms with Crippen LogP contribution in [0.25, 0.3) is 11.1 Å². The number of rotatable bonds is 12. The number of nitrogens with one attached hydrogen (secondary N) is 3. The molecule has 4 aromatic rings. The van der Waals surface area contributed by atoms with E-state index in [-0.39, 0.29) is 47.5 Å². The molecule has 3 amide bonds. The summed E-state index contributed by atoms with van der Waals surface area (Å²) >= 11 is 0. The number of para-hydroxylation sites is 1. The number of pyridine rings is 1. The SMILES string of the molecule is CC[C@@H]1c2c(cnn2C2CN(Cc3cc(C4CC4)cc(C(=O)N(C)C)n3)C2)-c2cccc(Nc3cc(NC(=O)C4CC4)nnc3C(=O)NC3CC3)c2N1C. The molecule has 3 aromatic heterocycles. The highest BCUT2D eigenvalue weighted by atomic mass is 16.2. The van der Waals surface area contributed by atoms with Gasteiger partial charge >= 0.3 is 0 Å². The van der Waals surface area contributed by atoms with Crippen LogP contribution in [0.5, 0.6) is 0 Å². The van der Waals surface area contributed by atoms with Gasteiger partial charge in [-0.3, -0.25) is 24.0 Å². The van der Waals surface area contributed by atoms with Crippen LogP contribution in [0.1, 0.15) is 108 Å². The van der Waals surface area contributed by atoms with Gasteiger partial charge in [0.1, 0.15) is 5.69 Å². The maximum atomic E-state index is 13.3. The number of benzene rings is 1. The Balaban J connectivity index is 0.976. The maximum Gasteiger partial charge on any atom is 0.274 e. The fraction of sp³-hybridized carbons (Fsp3) is 0.475. The van der Waals surface area contributed by atoms with Gasteiger partial charge in [0.2, 0.25) is 5.91 Å². The zero-order valence-corrected chi connectivity index (χ0v) is 31.3. The number of carbonyl (C=O) groups is 3. The van der Waals surface area contributed by atoms with Gasteiger partial charge in [-0.25, -0.2) is 4.98 Å². The van der Waals surface area contributed by atoms with Crippen LogP contribution < -0.4 is 20.9 Å². The predicted octanol–water partition coefficient (Wildman–Crippen LogP) is 5.26. The van der Waals surface area contributed by atoms with Crippen LogP contribution in [-0.2, 0) is 11.3 Å². The quantitative estimate of drug-likeness (QED) is 0.176. The largest absolute Gasteiger partial charge is 0.364 e. The Kier molecular flexibility index (Phi) is 8.59. The maximum absolute atomic E-state index is 13.3. The molecule has 1 saturated heterocycles. The zero-order chi connectivity index (χ0) is 37.2. The van der Waals surface area contributed by atoms with Gasteiger partial charge in [-0.2, -0.15) is 5.10 Å². The molecular formula is C40H47N11O3. The number of hydrogen-bond acceptors (Lipinski definition) is 10. The molecule has 5 aliphatic rings. The molecule has 280 valence electrons. The molecule has 0 bridgehead atoms. The average molecular weight is 730 g/mol. The van der Waals surface area contributed by atoms with Crippen molar-refractivity contribution in [3.63, 3.8) is 0 Å². The third-order valence-electron chi connectivity index (χ3n) is 11.3. The fourth-order valence-corrected chi connectivity index (χ4v) is 7.91. The summed E-state index contributed by atoms with van der Waals surface area (Å²) in [6.45, 7) is 4.58. The van der Waals surface area contributed by atoms with Gasteiger partial charge < -0.3 is 25.8 Å². The molecule has 54 heavy (non-hydrogen) atoms. The number of fused-ring (bicyclic) bond motifs is 3. The molecule has 1 atom stereocenters. The monoisotopic (exact) mass is 729 g/mol. The molecule has 0 spiro atoms. The number of nitrogens with zero attached hydrogens (tertiary/aromatic N) is 8. The third-order valence-corrected chi connectivity index (χ3v) is 11.3. The molecule has 5 heterocycles. The Bertz CT molecular complexity index is 2150. The number of likely N-dealkylation sites (tertiary alicyclic amines) is 1. The first kappa shape index (κ1) is 34.4. The van der Waals surface area contributed by atoms with Crippen LogP contribution in [0, 0.1) is 5.92 Å². The molecule has 0 unspecified atom stereocenters. The summed E-state index contributed by atoms with van der Waals surface area (Å²) in [4.78, 5) is 49.8. The summed E-state index contributed by atoms with van der Waals surface area (Å²) < 4.78 is 2.22. The first-order valence-corrected chi connectivity index (χ1v) is 19.3. The molecule has 3 N–H and O–H groups in total. The van der Waals surface area contributed by atoms with Gasteiger partial charge in [0.15, 0.2) is 11.5 Å². The lowest BCUT2D eigenvalue weighted by Gasteiger charge is -2.43. The second-order valence-corrected chi connectivity index (χ2v) is 15.9. The standard InChI is InChI=1S/C40H47N11O3/c1-5-33-37-29(18-41-51(37)27-20-50(21-27)19-26-15-24(22-9-10-22)16-32(42-26)40(54)48(2)3)28-7-6-8-30(36(28)49(33)4)44-31-17-34(45-38(52)23-11-12-23)46-47-35(31)39(53)43-25-13-14-25/h6-8,15-18,22-23,25,27,33H,5,9-14,19-21H2,1-4H3,(H,43,53)(H2,44,45,46,52)/t33-/m1/s1.